The number of ether oxygens (including phenoxy) is 2. The Kier molecular flexibility index (Phi) is 8.50. The van der Waals surface area contributed by atoms with Gasteiger partial charge < -0.3 is 9.47 Å². The van der Waals surface area contributed by atoms with Gasteiger partial charge in [0.05, 0.1) is 30.3 Å². The monoisotopic (exact) mass is 501 g/mol. The average Bonchev–Trinajstić information content (AvgIpc) is 2.82. The van der Waals surface area contributed by atoms with Crippen molar-refractivity contribution in [1.82, 2.24) is 5.43 Å². The van der Waals surface area contributed by atoms with Crippen molar-refractivity contribution in [3.05, 3.63) is 88.9 Å². The molecule has 8 nitrogen and oxygen atoms in total. The SMILES string of the molecule is COc1ccc(N(CC(=O)N/N=C\c2ccc(OCc3ccccc3)cc2)S(C)(=O)=O)cc1Cl. The van der Waals surface area contributed by atoms with Crippen LogP contribution in [0.1, 0.15) is 11.1 Å². The summed E-state index contributed by atoms with van der Waals surface area (Å²) in [5.74, 6) is 0.479. The van der Waals surface area contributed by atoms with Gasteiger partial charge in [0.25, 0.3) is 5.91 Å². The molecular weight excluding hydrogens is 478 g/mol. The number of carbonyl (C=O) groups is 1. The third kappa shape index (κ3) is 7.23. The van der Waals surface area contributed by atoms with E-state index in [0.29, 0.717) is 18.1 Å². The predicted octanol–water partition coefficient (Wildman–Crippen LogP) is 3.84. The van der Waals surface area contributed by atoms with Gasteiger partial charge in [0.1, 0.15) is 24.7 Å². The molecule has 0 heterocycles. The molecule has 0 aliphatic heterocycles. The maximum absolute atomic E-state index is 12.3. The molecular formula is C24H24ClN3O5S. The molecule has 3 rings (SSSR count). The largest absolute Gasteiger partial charge is 0.495 e. The van der Waals surface area contributed by atoms with Crippen molar-refractivity contribution >= 4 is 39.4 Å². The van der Waals surface area contributed by atoms with Gasteiger partial charge >= 0.3 is 0 Å². The average molecular weight is 502 g/mol. The van der Waals surface area contributed by atoms with Gasteiger partial charge in [-0.1, -0.05) is 41.9 Å². The molecule has 0 fully saturated rings. The number of hydrazone groups is 1. The fraction of sp³-hybridized carbons (Fsp3) is 0.167. The third-order valence-corrected chi connectivity index (χ3v) is 6.08. The van der Waals surface area contributed by atoms with E-state index in [9.17, 15) is 13.2 Å². The van der Waals surface area contributed by atoms with Gasteiger partial charge in [0.2, 0.25) is 10.0 Å². The Morgan fingerprint density at radius 3 is 2.41 bits per heavy atom. The highest BCUT2D eigenvalue weighted by molar-refractivity contribution is 7.92. The second-order valence-electron chi connectivity index (χ2n) is 7.22. The molecule has 3 aromatic carbocycles. The lowest BCUT2D eigenvalue weighted by molar-refractivity contribution is -0.119. The maximum Gasteiger partial charge on any atom is 0.260 e. The predicted molar refractivity (Wildman–Crippen MR) is 133 cm³/mol. The summed E-state index contributed by atoms with van der Waals surface area (Å²) in [5, 5.41) is 4.13. The van der Waals surface area contributed by atoms with E-state index in [0.717, 1.165) is 21.7 Å². The maximum atomic E-state index is 12.3. The Morgan fingerprint density at radius 1 is 1.09 bits per heavy atom. The number of carbonyl (C=O) groups excluding carboxylic acids is 1. The summed E-state index contributed by atoms with van der Waals surface area (Å²) in [6.45, 7) is -0.00826. The van der Waals surface area contributed by atoms with Crippen LogP contribution in [0.15, 0.2) is 77.9 Å². The van der Waals surface area contributed by atoms with Gasteiger partial charge in [0, 0.05) is 0 Å². The molecule has 10 heteroatoms. The van der Waals surface area contributed by atoms with Gasteiger partial charge in [-0.3, -0.25) is 9.10 Å². The molecule has 0 saturated carbocycles. The number of rotatable bonds is 10. The van der Waals surface area contributed by atoms with E-state index in [4.69, 9.17) is 21.1 Å². The number of hydrogen-bond acceptors (Lipinski definition) is 6. The number of amides is 1. The second-order valence-corrected chi connectivity index (χ2v) is 9.54. The number of halogens is 1. The van der Waals surface area contributed by atoms with Crippen LogP contribution in [0.5, 0.6) is 11.5 Å². The van der Waals surface area contributed by atoms with E-state index in [-0.39, 0.29) is 10.7 Å². The first-order valence-electron chi connectivity index (χ1n) is 10.2. The van der Waals surface area contributed by atoms with Crippen LogP contribution in [-0.4, -0.2) is 40.4 Å². The number of hydrogen-bond donors (Lipinski definition) is 1. The number of methoxy groups -OCH3 is 1. The molecule has 34 heavy (non-hydrogen) atoms. The Morgan fingerprint density at radius 2 is 1.79 bits per heavy atom. The van der Waals surface area contributed by atoms with Crippen LogP contribution in [-0.2, 0) is 21.4 Å². The van der Waals surface area contributed by atoms with E-state index < -0.39 is 22.5 Å². The van der Waals surface area contributed by atoms with Gasteiger partial charge in [-0.05, 0) is 53.6 Å². The van der Waals surface area contributed by atoms with Crippen LogP contribution >= 0.6 is 11.6 Å². The van der Waals surface area contributed by atoms with Crippen molar-refractivity contribution in [3.63, 3.8) is 0 Å². The molecule has 0 radical (unpaired) electrons. The molecule has 3 aromatic rings. The summed E-state index contributed by atoms with van der Waals surface area (Å²) in [7, 11) is -2.30. The highest BCUT2D eigenvalue weighted by Crippen LogP contribution is 2.30. The smallest absolute Gasteiger partial charge is 0.260 e. The van der Waals surface area contributed by atoms with Crippen LogP contribution < -0.4 is 19.2 Å². The molecule has 0 saturated heterocycles. The number of sulfonamides is 1. The van der Waals surface area contributed by atoms with Crippen LogP contribution in [0.3, 0.4) is 0 Å². The highest BCUT2D eigenvalue weighted by atomic mass is 35.5. The van der Waals surface area contributed by atoms with Crippen LogP contribution in [0.2, 0.25) is 5.02 Å². The zero-order valence-electron chi connectivity index (χ0n) is 18.6. The summed E-state index contributed by atoms with van der Waals surface area (Å²) < 4.78 is 36.2. The van der Waals surface area contributed by atoms with Gasteiger partial charge in [-0.2, -0.15) is 5.10 Å². The third-order valence-electron chi connectivity index (χ3n) is 4.64. The zero-order valence-corrected chi connectivity index (χ0v) is 20.2. The van der Waals surface area contributed by atoms with Crippen molar-refractivity contribution in [1.29, 1.82) is 0 Å². The Hall–Kier alpha value is -3.56. The second kappa shape index (κ2) is 11.5. The quantitative estimate of drug-likeness (QED) is 0.336. The molecule has 1 N–H and O–H groups in total. The Bertz CT molecular complexity index is 1250. The fourth-order valence-corrected chi connectivity index (χ4v) is 4.05. The van der Waals surface area contributed by atoms with E-state index in [1.165, 1.54) is 31.5 Å². The molecule has 0 atom stereocenters. The molecule has 0 bridgehead atoms. The number of nitrogens with one attached hydrogen (secondary N) is 1. The molecule has 0 aliphatic rings. The standard InChI is InChI=1S/C24H24ClN3O5S/c1-32-23-13-10-20(14-22(23)25)28(34(2,30)31)16-24(29)27-26-15-18-8-11-21(12-9-18)33-17-19-6-4-3-5-7-19/h3-15H,16-17H2,1-2H3,(H,27,29)/b26-15-. The summed E-state index contributed by atoms with van der Waals surface area (Å²) >= 11 is 6.09. The minimum absolute atomic E-state index is 0.225. The van der Waals surface area contributed by atoms with Crippen LogP contribution in [0.25, 0.3) is 0 Å². The fourth-order valence-electron chi connectivity index (χ4n) is 2.95. The van der Waals surface area contributed by atoms with E-state index in [1.807, 2.05) is 30.3 Å². The highest BCUT2D eigenvalue weighted by Gasteiger charge is 2.21. The molecule has 1 amide bonds. The van der Waals surface area contributed by atoms with Crippen molar-refractivity contribution in [2.45, 2.75) is 6.61 Å². The van der Waals surface area contributed by atoms with Gasteiger partial charge in [0.15, 0.2) is 0 Å². The summed E-state index contributed by atoms with van der Waals surface area (Å²) in [5.41, 5.74) is 4.37. The van der Waals surface area contributed by atoms with Crippen LogP contribution in [0.4, 0.5) is 5.69 Å². The Labute approximate surface area is 203 Å². The lowest BCUT2D eigenvalue weighted by Gasteiger charge is -2.21. The van der Waals surface area contributed by atoms with E-state index in [1.54, 1.807) is 24.3 Å². The number of benzene rings is 3. The van der Waals surface area contributed by atoms with E-state index >= 15 is 0 Å². The topological polar surface area (TPSA) is 97.3 Å². The van der Waals surface area contributed by atoms with Gasteiger partial charge in [-0.15, -0.1) is 0 Å². The first-order chi connectivity index (χ1) is 16.3. The number of anilines is 1. The normalized spacial score (nSPS) is 11.3. The molecule has 0 unspecified atom stereocenters. The molecule has 0 aliphatic carbocycles. The zero-order chi connectivity index (χ0) is 24.6. The first-order valence-corrected chi connectivity index (χ1v) is 12.4. The summed E-state index contributed by atoms with van der Waals surface area (Å²) in [4.78, 5) is 12.3. The first kappa shape index (κ1) is 25.1. The van der Waals surface area contributed by atoms with Crippen molar-refractivity contribution in [2.75, 3.05) is 24.2 Å². The Balaban J connectivity index is 1.57. The van der Waals surface area contributed by atoms with Crippen molar-refractivity contribution < 1.29 is 22.7 Å². The van der Waals surface area contributed by atoms with Crippen molar-refractivity contribution in [2.24, 2.45) is 5.10 Å². The van der Waals surface area contributed by atoms with Gasteiger partial charge in [-0.25, -0.2) is 13.8 Å². The molecule has 0 spiro atoms. The number of nitrogens with zero attached hydrogens (tertiary/aromatic N) is 2. The van der Waals surface area contributed by atoms with E-state index in [2.05, 4.69) is 10.5 Å². The summed E-state index contributed by atoms with van der Waals surface area (Å²) in [6, 6.07) is 21.4. The van der Waals surface area contributed by atoms with Crippen molar-refractivity contribution in [3.8, 4) is 11.5 Å². The van der Waals surface area contributed by atoms with Crippen LogP contribution in [0, 0.1) is 0 Å². The minimum atomic E-state index is -3.75. The minimum Gasteiger partial charge on any atom is -0.495 e. The molecule has 0 aromatic heterocycles. The lowest BCUT2D eigenvalue weighted by Crippen LogP contribution is -2.39. The summed E-state index contributed by atoms with van der Waals surface area (Å²) in [6.07, 6.45) is 2.46. The lowest BCUT2D eigenvalue weighted by atomic mass is 10.2. The molecule has 178 valence electrons.